The van der Waals surface area contributed by atoms with Crippen LogP contribution in [-0.2, 0) is 27.3 Å². The first-order valence-electron chi connectivity index (χ1n) is 6.51. The van der Waals surface area contributed by atoms with Gasteiger partial charge in [0, 0.05) is 0 Å². The molecular formula is C17H22Cl2OTi. The van der Waals surface area contributed by atoms with Gasteiger partial charge in [-0.15, -0.1) is 0 Å². The van der Waals surface area contributed by atoms with Crippen molar-refractivity contribution in [2.45, 2.75) is 46.6 Å². The quantitative estimate of drug-likeness (QED) is 0.632. The van der Waals surface area contributed by atoms with Gasteiger partial charge in [0.25, 0.3) is 0 Å². The minimum absolute atomic E-state index is 0. The van der Waals surface area contributed by atoms with Crippen LogP contribution in [0.4, 0.5) is 0 Å². The Hall–Kier alpha value is -0.0457. The van der Waals surface area contributed by atoms with Gasteiger partial charge >= 0.3 is 21.7 Å². The van der Waals surface area contributed by atoms with Gasteiger partial charge in [0.15, 0.2) is 0 Å². The second-order valence-electron chi connectivity index (χ2n) is 5.79. The Balaban J connectivity index is 0. The molecule has 2 rings (SSSR count). The molecule has 0 saturated heterocycles. The number of benzene rings is 1. The van der Waals surface area contributed by atoms with Crippen LogP contribution in [0.2, 0.25) is 0 Å². The Kier molecular flexibility index (Phi) is 9.46. The molecule has 1 aliphatic rings. The van der Waals surface area contributed by atoms with Crippen molar-refractivity contribution < 1.29 is 51.6 Å². The van der Waals surface area contributed by atoms with E-state index in [1.165, 1.54) is 27.9 Å². The van der Waals surface area contributed by atoms with Gasteiger partial charge in [-0.2, -0.15) is 0 Å². The summed E-state index contributed by atoms with van der Waals surface area (Å²) >= 11 is 0. The molecule has 114 valence electrons. The summed E-state index contributed by atoms with van der Waals surface area (Å²) in [5.74, 6) is 0. The largest absolute Gasteiger partial charge is 2.00 e. The van der Waals surface area contributed by atoms with E-state index in [1.807, 2.05) is 32.0 Å². The maximum absolute atomic E-state index is 10.3. The van der Waals surface area contributed by atoms with Crippen LogP contribution in [-0.4, -0.2) is 5.11 Å². The molecular weight excluding hydrogens is 339 g/mol. The summed E-state index contributed by atoms with van der Waals surface area (Å²) in [7, 11) is 0. The van der Waals surface area contributed by atoms with E-state index in [0.717, 1.165) is 12.0 Å². The van der Waals surface area contributed by atoms with E-state index in [1.54, 1.807) is 0 Å². The van der Waals surface area contributed by atoms with Crippen molar-refractivity contribution in [2.24, 2.45) is 0 Å². The number of aliphatic hydroxyl groups is 1. The van der Waals surface area contributed by atoms with E-state index in [2.05, 4.69) is 26.8 Å². The van der Waals surface area contributed by atoms with Crippen LogP contribution in [0, 0.1) is 0 Å². The van der Waals surface area contributed by atoms with Crippen molar-refractivity contribution in [3.8, 4) is 0 Å². The topological polar surface area (TPSA) is 20.2 Å². The Bertz CT molecular complexity index is 554. The number of halogens is 2. The zero-order valence-electron chi connectivity index (χ0n) is 13.2. The third kappa shape index (κ3) is 4.71. The molecule has 1 aromatic carbocycles. The molecule has 0 aromatic heterocycles. The molecule has 0 radical (unpaired) electrons. The fraction of sp³-hybridized carbons (Fsp3) is 0.412. The Morgan fingerprint density at radius 3 is 1.90 bits per heavy atom. The van der Waals surface area contributed by atoms with Crippen molar-refractivity contribution in [3.63, 3.8) is 0 Å². The van der Waals surface area contributed by atoms with E-state index in [4.69, 9.17) is 0 Å². The van der Waals surface area contributed by atoms with Gasteiger partial charge in [0.05, 0.1) is 5.60 Å². The van der Waals surface area contributed by atoms with Crippen LogP contribution in [0.25, 0.3) is 5.57 Å². The van der Waals surface area contributed by atoms with Gasteiger partial charge in [-0.25, -0.2) is 0 Å². The fourth-order valence-electron chi connectivity index (χ4n) is 2.65. The molecule has 1 aromatic rings. The first-order valence-corrected chi connectivity index (χ1v) is 6.51. The van der Waals surface area contributed by atoms with E-state index in [9.17, 15) is 5.11 Å². The van der Waals surface area contributed by atoms with Gasteiger partial charge < -0.3 is 29.9 Å². The second-order valence-corrected chi connectivity index (χ2v) is 5.79. The Morgan fingerprint density at radius 2 is 1.48 bits per heavy atom. The van der Waals surface area contributed by atoms with Crippen LogP contribution >= 0.6 is 0 Å². The van der Waals surface area contributed by atoms with Crippen molar-refractivity contribution in [1.82, 2.24) is 0 Å². The van der Waals surface area contributed by atoms with Crippen LogP contribution < -0.4 is 24.8 Å². The molecule has 0 atom stereocenters. The zero-order valence-corrected chi connectivity index (χ0v) is 16.3. The maximum atomic E-state index is 10.3. The summed E-state index contributed by atoms with van der Waals surface area (Å²) < 4.78 is 0. The fourth-order valence-corrected chi connectivity index (χ4v) is 2.65. The molecule has 0 heterocycles. The van der Waals surface area contributed by atoms with Crippen LogP contribution in [0.5, 0.6) is 0 Å². The van der Waals surface area contributed by atoms with E-state index >= 15 is 0 Å². The molecule has 0 aliphatic heterocycles. The van der Waals surface area contributed by atoms with E-state index < -0.39 is 5.60 Å². The summed E-state index contributed by atoms with van der Waals surface area (Å²) in [4.78, 5) is 0. The molecule has 1 N–H and O–H groups in total. The molecule has 0 unspecified atom stereocenters. The summed E-state index contributed by atoms with van der Waals surface area (Å²) in [6, 6.07) is 8.19. The molecule has 0 spiro atoms. The van der Waals surface area contributed by atoms with Crippen molar-refractivity contribution in [3.05, 3.63) is 52.1 Å². The average molecular weight is 361 g/mol. The Labute approximate surface area is 155 Å². The van der Waals surface area contributed by atoms with Gasteiger partial charge in [-0.05, 0) is 68.9 Å². The zero-order chi connectivity index (χ0) is 13.5. The minimum atomic E-state index is -0.797. The standard InChI is InChI=1S/C17H22O.2ClH.Ti/c1-11-10-15(13(3)12(11)2)14-8-6-7-9-16(14)17(4,5)18;;;/h6-9,18H,10H2,1-5H3;2*1H;/q;;;+2/p-2. The molecule has 0 fully saturated rings. The number of hydrogen-bond acceptors (Lipinski definition) is 1. The van der Waals surface area contributed by atoms with Crippen LogP contribution in [0.15, 0.2) is 41.0 Å². The van der Waals surface area contributed by atoms with Crippen molar-refractivity contribution in [1.29, 1.82) is 0 Å². The van der Waals surface area contributed by atoms with E-state index in [-0.39, 0.29) is 46.5 Å². The molecule has 4 heteroatoms. The summed E-state index contributed by atoms with van der Waals surface area (Å²) in [6.45, 7) is 10.3. The molecule has 0 saturated carbocycles. The average Bonchev–Trinajstić information content (AvgIpc) is 2.56. The monoisotopic (exact) mass is 360 g/mol. The van der Waals surface area contributed by atoms with Gasteiger partial charge in [0.2, 0.25) is 0 Å². The maximum Gasteiger partial charge on any atom is 2.00 e. The molecule has 0 bridgehead atoms. The normalized spacial score (nSPS) is 14.4. The number of hydrogen-bond donors (Lipinski definition) is 1. The number of allylic oxidation sites excluding steroid dienone is 4. The third-order valence-electron chi connectivity index (χ3n) is 4.01. The minimum Gasteiger partial charge on any atom is -1.00 e. The smallest absolute Gasteiger partial charge is 1.00 e. The SMILES string of the molecule is CC1=C(C)C(C)=C(c2ccccc2C(C)(C)O)C1.[Cl-].[Cl-].[Ti+2]. The first-order chi connectivity index (χ1) is 8.32. The van der Waals surface area contributed by atoms with Crippen molar-refractivity contribution in [2.75, 3.05) is 0 Å². The molecule has 0 amide bonds. The summed E-state index contributed by atoms with van der Waals surface area (Å²) in [5, 5.41) is 10.3. The molecule has 1 nitrogen and oxygen atoms in total. The third-order valence-corrected chi connectivity index (χ3v) is 4.01. The second kappa shape index (κ2) is 8.55. The number of rotatable bonds is 2. The van der Waals surface area contributed by atoms with Gasteiger partial charge in [0.1, 0.15) is 0 Å². The van der Waals surface area contributed by atoms with Crippen LogP contribution in [0.1, 0.15) is 52.2 Å². The Morgan fingerprint density at radius 1 is 0.952 bits per heavy atom. The van der Waals surface area contributed by atoms with Gasteiger partial charge in [-0.3, -0.25) is 0 Å². The van der Waals surface area contributed by atoms with Crippen molar-refractivity contribution >= 4 is 5.57 Å². The predicted molar refractivity (Wildman–Crippen MR) is 77.3 cm³/mol. The predicted octanol–water partition coefficient (Wildman–Crippen LogP) is -1.57. The van der Waals surface area contributed by atoms with Gasteiger partial charge in [-0.1, -0.05) is 29.8 Å². The summed E-state index contributed by atoms with van der Waals surface area (Å²) in [5.41, 5.74) is 6.98. The van der Waals surface area contributed by atoms with E-state index in [0.29, 0.717) is 0 Å². The molecule has 21 heavy (non-hydrogen) atoms. The molecule has 1 aliphatic carbocycles. The van der Waals surface area contributed by atoms with Crippen LogP contribution in [0.3, 0.4) is 0 Å². The summed E-state index contributed by atoms with van der Waals surface area (Å²) in [6.07, 6.45) is 1.00. The first kappa shape index (κ1) is 23.2.